The van der Waals surface area contributed by atoms with Crippen LogP contribution in [-0.4, -0.2) is 27.1 Å². The molecule has 0 spiro atoms. The van der Waals surface area contributed by atoms with E-state index in [4.69, 9.17) is 16.2 Å². The first kappa shape index (κ1) is 25.5. The van der Waals surface area contributed by atoms with E-state index in [0.717, 1.165) is 11.8 Å². The van der Waals surface area contributed by atoms with E-state index >= 15 is 0 Å². The van der Waals surface area contributed by atoms with Crippen molar-refractivity contribution in [2.75, 3.05) is 12.3 Å². The molecule has 0 aliphatic rings. The number of nitrogens with zero attached hydrogens (tertiary/aromatic N) is 3. The monoisotopic (exact) mass is 467 g/mol. The van der Waals surface area contributed by atoms with Gasteiger partial charge in [0.1, 0.15) is 18.7 Å². The van der Waals surface area contributed by atoms with Crippen LogP contribution in [0.3, 0.4) is 0 Å². The van der Waals surface area contributed by atoms with Crippen LogP contribution in [0.2, 0.25) is 0 Å². The van der Waals surface area contributed by atoms with Crippen molar-refractivity contribution in [1.29, 1.82) is 0 Å². The Hall–Kier alpha value is -2.72. The molecule has 0 bridgehead atoms. The number of aryl methyl sites for hydroxylation is 1. The van der Waals surface area contributed by atoms with Crippen LogP contribution in [-0.2, 0) is 6.18 Å². The Morgan fingerprint density at radius 1 is 1.19 bits per heavy atom. The second kappa shape index (κ2) is 10.7. The summed E-state index contributed by atoms with van der Waals surface area (Å²) in [6.07, 6.45) is -1.13. The van der Waals surface area contributed by atoms with E-state index in [-0.39, 0.29) is 12.4 Å². The summed E-state index contributed by atoms with van der Waals surface area (Å²) in [7, 11) is 0. The summed E-state index contributed by atoms with van der Waals surface area (Å²) in [4.78, 5) is 11.7. The summed E-state index contributed by atoms with van der Waals surface area (Å²) >= 11 is 1.47. The number of hydrogen-bond donors (Lipinski definition) is 2. The van der Waals surface area contributed by atoms with Gasteiger partial charge in [-0.05, 0) is 50.5 Å². The minimum absolute atomic E-state index is 0.00110. The van der Waals surface area contributed by atoms with Crippen LogP contribution in [0.1, 0.15) is 38.4 Å². The second-order valence-corrected chi connectivity index (χ2v) is 9.06. The zero-order valence-corrected chi connectivity index (χ0v) is 19.3. The SMILES string of the molecule is CC(C)CC(C)(N)COc1ccc(-c2ccncn2)cc1C(F)(F)F.Cc1csc(N)n1. The van der Waals surface area contributed by atoms with Gasteiger partial charge in [0.15, 0.2) is 5.13 Å². The molecule has 174 valence electrons. The van der Waals surface area contributed by atoms with Gasteiger partial charge in [0.2, 0.25) is 0 Å². The number of alkyl halides is 3. The van der Waals surface area contributed by atoms with Crippen LogP contribution in [0.15, 0.2) is 42.2 Å². The van der Waals surface area contributed by atoms with E-state index < -0.39 is 17.3 Å². The summed E-state index contributed by atoms with van der Waals surface area (Å²) in [5.74, 6) is 0.0894. The van der Waals surface area contributed by atoms with Crippen LogP contribution >= 0.6 is 11.3 Å². The van der Waals surface area contributed by atoms with Crippen molar-refractivity contribution in [2.24, 2.45) is 11.7 Å². The van der Waals surface area contributed by atoms with Crippen molar-refractivity contribution in [3.8, 4) is 17.0 Å². The largest absolute Gasteiger partial charge is 0.491 e. The van der Waals surface area contributed by atoms with Gasteiger partial charge in [0.25, 0.3) is 0 Å². The number of ether oxygens (including phenoxy) is 1. The molecule has 0 saturated carbocycles. The molecule has 3 aromatic rings. The zero-order chi connectivity index (χ0) is 23.9. The first-order chi connectivity index (χ1) is 14.9. The van der Waals surface area contributed by atoms with E-state index in [1.165, 1.54) is 29.9 Å². The number of thiazole rings is 1. The first-order valence-corrected chi connectivity index (χ1v) is 10.8. The van der Waals surface area contributed by atoms with Gasteiger partial charge >= 0.3 is 6.18 Å². The lowest BCUT2D eigenvalue weighted by Crippen LogP contribution is -2.43. The number of benzene rings is 1. The third-order valence-corrected chi connectivity index (χ3v) is 5.02. The molecule has 10 heteroatoms. The molecule has 6 nitrogen and oxygen atoms in total. The van der Waals surface area contributed by atoms with E-state index in [1.54, 1.807) is 19.1 Å². The standard InChI is InChI=1S/C18H22F3N3O.C4H6N2S/c1-12(2)9-17(3,22)10-25-16-5-4-13(8-14(16)18(19,20)21)15-6-7-23-11-24-15;1-3-2-7-4(5)6-3/h4-8,11-12H,9-10,22H2,1-3H3;2H,1H3,(H2,5,6). The predicted octanol–water partition coefficient (Wildman–Crippen LogP) is 5.34. The summed E-state index contributed by atoms with van der Waals surface area (Å²) in [6.45, 7) is 7.70. The van der Waals surface area contributed by atoms with Crippen LogP contribution in [0.25, 0.3) is 11.3 Å². The van der Waals surface area contributed by atoms with E-state index in [1.807, 2.05) is 26.2 Å². The van der Waals surface area contributed by atoms with E-state index in [0.29, 0.717) is 28.7 Å². The highest BCUT2D eigenvalue weighted by Crippen LogP contribution is 2.38. The molecule has 2 heterocycles. The van der Waals surface area contributed by atoms with Gasteiger partial charge in [0, 0.05) is 22.7 Å². The minimum atomic E-state index is -4.54. The molecule has 1 atom stereocenters. The summed E-state index contributed by atoms with van der Waals surface area (Å²) in [5.41, 5.74) is 11.6. The number of anilines is 1. The average Bonchev–Trinajstić information content (AvgIpc) is 3.08. The Balaban J connectivity index is 0.000000439. The number of nitrogens with two attached hydrogens (primary N) is 2. The van der Waals surface area contributed by atoms with Gasteiger partial charge in [-0.1, -0.05) is 13.8 Å². The second-order valence-electron chi connectivity index (χ2n) is 8.17. The van der Waals surface area contributed by atoms with Gasteiger partial charge in [-0.3, -0.25) is 0 Å². The van der Waals surface area contributed by atoms with Crippen LogP contribution in [0.4, 0.5) is 18.3 Å². The molecule has 2 aromatic heterocycles. The molecule has 1 aromatic carbocycles. The molecule has 0 fully saturated rings. The average molecular weight is 468 g/mol. The normalized spacial score (nSPS) is 13.3. The van der Waals surface area contributed by atoms with Crippen molar-refractivity contribution < 1.29 is 17.9 Å². The Labute approximate surface area is 189 Å². The molecule has 0 aliphatic heterocycles. The van der Waals surface area contributed by atoms with Crippen molar-refractivity contribution >= 4 is 16.5 Å². The van der Waals surface area contributed by atoms with Gasteiger partial charge in [0.05, 0.1) is 17.0 Å². The molecule has 4 N–H and O–H groups in total. The van der Waals surface area contributed by atoms with Crippen LogP contribution < -0.4 is 16.2 Å². The molecule has 32 heavy (non-hydrogen) atoms. The zero-order valence-electron chi connectivity index (χ0n) is 18.5. The third-order valence-electron chi connectivity index (χ3n) is 4.23. The van der Waals surface area contributed by atoms with Crippen molar-refractivity contribution in [2.45, 2.75) is 45.8 Å². The maximum Gasteiger partial charge on any atom is 0.419 e. The maximum absolute atomic E-state index is 13.4. The highest BCUT2D eigenvalue weighted by molar-refractivity contribution is 7.13. The third kappa shape index (κ3) is 8.08. The molecular formula is C22H28F3N5OS. The number of halogens is 3. The van der Waals surface area contributed by atoms with E-state index in [9.17, 15) is 13.2 Å². The summed E-state index contributed by atoms with van der Waals surface area (Å²) in [5, 5.41) is 2.58. The van der Waals surface area contributed by atoms with Crippen molar-refractivity contribution in [3.05, 3.63) is 53.4 Å². The smallest absolute Gasteiger partial charge is 0.419 e. The quantitative estimate of drug-likeness (QED) is 0.508. The molecule has 0 saturated heterocycles. The number of aromatic nitrogens is 3. The Kier molecular flexibility index (Phi) is 8.57. The number of nitrogen functional groups attached to an aromatic ring is 1. The fourth-order valence-corrected chi connectivity index (χ4v) is 3.65. The van der Waals surface area contributed by atoms with Crippen molar-refractivity contribution in [1.82, 2.24) is 15.0 Å². The summed E-state index contributed by atoms with van der Waals surface area (Å²) in [6, 6.07) is 5.44. The van der Waals surface area contributed by atoms with Gasteiger partial charge < -0.3 is 16.2 Å². The van der Waals surface area contributed by atoms with Gasteiger partial charge in [-0.15, -0.1) is 11.3 Å². The molecule has 1 unspecified atom stereocenters. The highest BCUT2D eigenvalue weighted by Gasteiger charge is 2.35. The predicted molar refractivity (Wildman–Crippen MR) is 121 cm³/mol. The number of rotatable bonds is 6. The Bertz CT molecular complexity index is 974. The molecular weight excluding hydrogens is 439 g/mol. The fourth-order valence-electron chi connectivity index (χ4n) is 3.10. The molecule has 3 rings (SSSR count). The fraction of sp³-hybridized carbons (Fsp3) is 0.409. The van der Waals surface area contributed by atoms with Crippen molar-refractivity contribution in [3.63, 3.8) is 0 Å². The maximum atomic E-state index is 13.4. The first-order valence-electron chi connectivity index (χ1n) is 9.94. The molecule has 0 amide bonds. The van der Waals surface area contributed by atoms with E-state index in [2.05, 4.69) is 15.0 Å². The molecule has 0 radical (unpaired) electrons. The van der Waals surface area contributed by atoms with Crippen LogP contribution in [0.5, 0.6) is 5.75 Å². The minimum Gasteiger partial charge on any atom is -0.491 e. The lowest BCUT2D eigenvalue weighted by molar-refractivity contribution is -0.139. The topological polar surface area (TPSA) is 99.9 Å². The van der Waals surface area contributed by atoms with Gasteiger partial charge in [-0.2, -0.15) is 13.2 Å². The molecule has 0 aliphatic carbocycles. The Morgan fingerprint density at radius 3 is 2.38 bits per heavy atom. The summed E-state index contributed by atoms with van der Waals surface area (Å²) < 4.78 is 45.7. The van der Waals surface area contributed by atoms with Gasteiger partial charge in [-0.25, -0.2) is 15.0 Å². The Morgan fingerprint density at radius 2 is 1.91 bits per heavy atom. The lowest BCUT2D eigenvalue weighted by atomic mass is 9.93. The van der Waals surface area contributed by atoms with Crippen LogP contribution in [0, 0.1) is 12.8 Å². The number of hydrogen-bond acceptors (Lipinski definition) is 7. The lowest BCUT2D eigenvalue weighted by Gasteiger charge is -2.27. The highest BCUT2D eigenvalue weighted by atomic mass is 32.1.